The van der Waals surface area contributed by atoms with Crippen molar-refractivity contribution >= 4 is 11.0 Å². The van der Waals surface area contributed by atoms with Gasteiger partial charge >= 0.3 is 0 Å². The van der Waals surface area contributed by atoms with Crippen LogP contribution < -0.4 is 0 Å². The summed E-state index contributed by atoms with van der Waals surface area (Å²) in [6.07, 6.45) is 7.60. The van der Waals surface area contributed by atoms with Crippen LogP contribution in [-0.2, 0) is 0 Å². The van der Waals surface area contributed by atoms with Crippen LogP contribution in [0.15, 0.2) is 24.7 Å². The van der Waals surface area contributed by atoms with E-state index in [1.807, 2.05) is 12.3 Å². The predicted molar refractivity (Wildman–Crippen MR) is 78.3 cm³/mol. The molecule has 0 aliphatic carbocycles. The first-order valence-corrected chi connectivity index (χ1v) is 7.20. The number of rotatable bonds is 2. The normalized spacial score (nSPS) is 17.6. The molecule has 4 rings (SSSR count). The summed E-state index contributed by atoms with van der Waals surface area (Å²) < 4.78 is 1.78. The van der Waals surface area contributed by atoms with Crippen molar-refractivity contribution in [2.24, 2.45) is 0 Å². The van der Waals surface area contributed by atoms with E-state index in [0.717, 1.165) is 48.6 Å². The summed E-state index contributed by atoms with van der Waals surface area (Å²) in [4.78, 5) is 11.6. The van der Waals surface area contributed by atoms with Crippen LogP contribution in [0.2, 0.25) is 0 Å². The number of nitrogens with zero attached hydrogens (tertiary/aromatic N) is 6. The van der Waals surface area contributed by atoms with Crippen LogP contribution >= 0.6 is 0 Å². The van der Waals surface area contributed by atoms with Gasteiger partial charge < -0.3 is 4.90 Å². The van der Waals surface area contributed by atoms with Crippen LogP contribution in [0.4, 0.5) is 0 Å². The van der Waals surface area contributed by atoms with Crippen LogP contribution in [0, 0.1) is 0 Å². The molecule has 1 aliphatic rings. The fraction of sp³-hybridized carbons (Fsp3) is 0.429. The zero-order valence-corrected chi connectivity index (χ0v) is 11.9. The maximum Gasteiger partial charge on any atom is 0.150 e. The maximum absolute atomic E-state index is 4.71. The Morgan fingerprint density at radius 3 is 2.86 bits per heavy atom. The van der Waals surface area contributed by atoms with Gasteiger partial charge in [0.25, 0.3) is 0 Å². The Labute approximate surface area is 122 Å². The predicted octanol–water partition coefficient (Wildman–Crippen LogP) is 1.35. The van der Waals surface area contributed by atoms with E-state index < -0.39 is 0 Å². The van der Waals surface area contributed by atoms with E-state index in [1.54, 1.807) is 17.1 Å². The fourth-order valence-electron chi connectivity index (χ4n) is 2.86. The van der Waals surface area contributed by atoms with Gasteiger partial charge in [0.15, 0.2) is 0 Å². The van der Waals surface area contributed by atoms with Crippen molar-refractivity contribution in [3.8, 4) is 5.82 Å². The average Bonchev–Trinajstić information content (AvgIpc) is 3.16. The second-order valence-electron chi connectivity index (χ2n) is 5.57. The highest BCUT2D eigenvalue weighted by atomic mass is 15.3. The molecule has 0 spiro atoms. The molecule has 3 aromatic rings. The van der Waals surface area contributed by atoms with Gasteiger partial charge in [-0.25, -0.2) is 14.6 Å². The third-order valence-electron chi connectivity index (χ3n) is 4.14. The minimum absolute atomic E-state index is 0.459. The molecule has 0 radical (unpaired) electrons. The van der Waals surface area contributed by atoms with Crippen molar-refractivity contribution in [1.82, 2.24) is 34.8 Å². The molecular formula is C14H17N7. The van der Waals surface area contributed by atoms with Crippen LogP contribution in [0.25, 0.3) is 16.9 Å². The average molecular weight is 283 g/mol. The van der Waals surface area contributed by atoms with Gasteiger partial charge in [0, 0.05) is 12.0 Å². The summed E-state index contributed by atoms with van der Waals surface area (Å²) in [5.41, 5.74) is 1.78. The lowest BCUT2D eigenvalue weighted by Gasteiger charge is -2.27. The number of likely N-dealkylation sites (tertiary alicyclic amines) is 1. The van der Waals surface area contributed by atoms with E-state index in [1.165, 1.54) is 0 Å². The Kier molecular flexibility index (Phi) is 2.92. The number of aromatic nitrogens is 6. The highest BCUT2D eigenvalue weighted by molar-refractivity contribution is 5.74. The van der Waals surface area contributed by atoms with Gasteiger partial charge in [-0.15, -0.1) is 0 Å². The van der Waals surface area contributed by atoms with Crippen molar-refractivity contribution in [3.05, 3.63) is 30.5 Å². The Bertz CT molecular complexity index is 738. The number of H-pyrrole nitrogens is 1. The molecule has 21 heavy (non-hydrogen) atoms. The molecule has 1 aliphatic heterocycles. The monoisotopic (exact) mass is 283 g/mol. The third kappa shape index (κ3) is 2.19. The summed E-state index contributed by atoms with van der Waals surface area (Å²) in [6.45, 7) is 2.22. The molecule has 0 aromatic carbocycles. The highest BCUT2D eigenvalue weighted by Gasteiger charge is 2.21. The van der Waals surface area contributed by atoms with E-state index in [9.17, 15) is 0 Å². The summed E-state index contributed by atoms with van der Waals surface area (Å²) in [6, 6.07) is 1.87. The second kappa shape index (κ2) is 4.92. The van der Waals surface area contributed by atoms with Gasteiger partial charge in [0.2, 0.25) is 0 Å². The number of aromatic amines is 1. The largest absolute Gasteiger partial charge is 0.306 e. The lowest BCUT2D eigenvalue weighted by Crippen LogP contribution is -2.29. The van der Waals surface area contributed by atoms with Crippen molar-refractivity contribution in [2.45, 2.75) is 18.8 Å². The van der Waals surface area contributed by atoms with Gasteiger partial charge in [0.1, 0.15) is 22.7 Å². The maximum atomic E-state index is 4.71. The van der Waals surface area contributed by atoms with Crippen LogP contribution in [0.1, 0.15) is 24.6 Å². The minimum atomic E-state index is 0.459. The molecule has 0 atom stereocenters. The molecule has 0 bridgehead atoms. The van der Waals surface area contributed by atoms with E-state index in [-0.39, 0.29) is 0 Å². The summed E-state index contributed by atoms with van der Waals surface area (Å²) in [5, 5.41) is 11.2. The number of fused-ring (bicyclic) bond motifs is 1. The first-order chi connectivity index (χ1) is 10.3. The van der Waals surface area contributed by atoms with E-state index in [4.69, 9.17) is 4.98 Å². The molecule has 7 nitrogen and oxygen atoms in total. The number of nitrogens with one attached hydrogen (secondary N) is 1. The fourth-order valence-corrected chi connectivity index (χ4v) is 2.86. The Morgan fingerprint density at radius 1 is 1.24 bits per heavy atom. The zero-order valence-electron chi connectivity index (χ0n) is 11.9. The molecule has 0 unspecified atom stereocenters. The molecular weight excluding hydrogens is 266 g/mol. The standard InChI is InChI=1S/C14H17N7/c1-20-6-3-10(4-7-20)14-15-9-12-11(18-14)8-17-21(12)13-2-5-16-19-13/h2,5,8-10H,3-4,6-7H2,1H3,(H,16,19). The molecule has 4 heterocycles. The van der Waals surface area contributed by atoms with Crippen LogP contribution in [-0.4, -0.2) is 55.0 Å². The van der Waals surface area contributed by atoms with E-state index in [0.29, 0.717) is 5.92 Å². The molecule has 7 heteroatoms. The molecule has 1 N–H and O–H groups in total. The highest BCUT2D eigenvalue weighted by Crippen LogP contribution is 2.26. The Balaban J connectivity index is 1.68. The first-order valence-electron chi connectivity index (χ1n) is 7.20. The summed E-state index contributed by atoms with van der Waals surface area (Å²) in [5.74, 6) is 2.22. The lowest BCUT2D eigenvalue weighted by molar-refractivity contribution is 0.251. The van der Waals surface area contributed by atoms with Gasteiger partial charge in [-0.3, -0.25) is 5.10 Å². The lowest BCUT2D eigenvalue weighted by atomic mass is 9.96. The molecule has 108 valence electrons. The van der Waals surface area contributed by atoms with Gasteiger partial charge in [0.05, 0.1) is 18.6 Å². The number of hydrogen-bond acceptors (Lipinski definition) is 5. The van der Waals surface area contributed by atoms with Gasteiger partial charge in [-0.1, -0.05) is 0 Å². The van der Waals surface area contributed by atoms with Crippen LogP contribution in [0.3, 0.4) is 0 Å². The van der Waals surface area contributed by atoms with Gasteiger partial charge in [-0.05, 0) is 33.0 Å². The van der Waals surface area contributed by atoms with Crippen molar-refractivity contribution in [3.63, 3.8) is 0 Å². The van der Waals surface area contributed by atoms with Crippen molar-refractivity contribution in [1.29, 1.82) is 0 Å². The molecule has 1 fully saturated rings. The summed E-state index contributed by atoms with van der Waals surface area (Å²) >= 11 is 0. The topological polar surface area (TPSA) is 75.5 Å². The molecule has 3 aromatic heterocycles. The van der Waals surface area contributed by atoms with E-state index >= 15 is 0 Å². The molecule has 0 amide bonds. The second-order valence-corrected chi connectivity index (χ2v) is 5.57. The first kappa shape index (κ1) is 12.5. The number of piperidine rings is 1. The Morgan fingerprint density at radius 2 is 2.10 bits per heavy atom. The SMILES string of the molecule is CN1CCC(c2ncc3c(cnn3-c3ccn[nH]3)n2)CC1. The smallest absolute Gasteiger partial charge is 0.150 e. The molecule has 1 saturated heterocycles. The zero-order chi connectivity index (χ0) is 14.2. The van der Waals surface area contributed by atoms with Gasteiger partial charge in [-0.2, -0.15) is 10.2 Å². The Hall–Kier alpha value is -2.28. The molecule has 0 saturated carbocycles. The summed E-state index contributed by atoms with van der Waals surface area (Å²) in [7, 11) is 2.16. The number of hydrogen-bond donors (Lipinski definition) is 1. The minimum Gasteiger partial charge on any atom is -0.306 e. The quantitative estimate of drug-likeness (QED) is 0.768. The van der Waals surface area contributed by atoms with Crippen LogP contribution in [0.5, 0.6) is 0 Å². The van der Waals surface area contributed by atoms with Crippen molar-refractivity contribution in [2.75, 3.05) is 20.1 Å². The van der Waals surface area contributed by atoms with Crippen molar-refractivity contribution < 1.29 is 0 Å². The van der Waals surface area contributed by atoms with E-state index in [2.05, 4.69) is 32.2 Å². The third-order valence-corrected chi connectivity index (χ3v) is 4.14.